The van der Waals surface area contributed by atoms with Crippen LogP contribution in [0.5, 0.6) is 0 Å². The Morgan fingerprint density at radius 1 is 1.07 bits per heavy atom. The van der Waals surface area contributed by atoms with Gasteiger partial charge in [0, 0.05) is 35.4 Å². The molecule has 0 N–H and O–H groups in total. The third-order valence-electron chi connectivity index (χ3n) is 2.76. The second kappa shape index (κ2) is 4.88. The lowest BCUT2D eigenvalue weighted by Gasteiger charge is -2.35. The maximum atomic E-state index is 3.80. The molecule has 1 aliphatic rings. The van der Waals surface area contributed by atoms with E-state index in [1.54, 1.807) is 0 Å². The lowest BCUT2D eigenvalue weighted by atomic mass is 10.2. The zero-order valence-corrected chi connectivity index (χ0v) is 10.9. The molecular weight excluding hydrogens is 299 g/mol. The van der Waals surface area contributed by atoms with Gasteiger partial charge in [0.2, 0.25) is 0 Å². The van der Waals surface area contributed by atoms with Crippen molar-refractivity contribution in [2.24, 2.45) is 0 Å². The molecule has 0 amide bonds. The second-order valence-corrected chi connectivity index (χ2v) is 4.93. The first-order valence-corrected chi connectivity index (χ1v) is 6.24. The molecule has 80 valence electrons. The van der Waals surface area contributed by atoms with E-state index in [0.717, 1.165) is 26.2 Å². The van der Waals surface area contributed by atoms with Crippen LogP contribution in [0.2, 0.25) is 0 Å². The van der Waals surface area contributed by atoms with Gasteiger partial charge in [0.05, 0.1) is 0 Å². The summed E-state index contributed by atoms with van der Waals surface area (Å²) in [7, 11) is 0. The van der Waals surface area contributed by atoms with Gasteiger partial charge in [0.1, 0.15) is 0 Å². The predicted octanol–water partition coefficient (Wildman–Crippen LogP) is 2.56. The maximum absolute atomic E-state index is 3.80. The van der Waals surface area contributed by atoms with Crippen LogP contribution < -0.4 is 4.90 Å². The molecular formula is C12H15IN2. The van der Waals surface area contributed by atoms with Gasteiger partial charge < -0.3 is 9.80 Å². The lowest BCUT2D eigenvalue weighted by molar-refractivity contribution is 0.350. The van der Waals surface area contributed by atoms with Crippen molar-refractivity contribution < 1.29 is 0 Å². The normalized spacial score (nSPS) is 16.6. The highest BCUT2D eigenvalue weighted by Crippen LogP contribution is 2.17. The zero-order chi connectivity index (χ0) is 10.7. The van der Waals surface area contributed by atoms with Crippen LogP contribution >= 0.6 is 22.6 Å². The number of piperazine rings is 1. The second-order valence-electron chi connectivity index (χ2n) is 3.68. The molecule has 0 aromatic heterocycles. The molecule has 1 heterocycles. The summed E-state index contributed by atoms with van der Waals surface area (Å²) in [6.45, 7) is 8.14. The first-order chi connectivity index (χ1) is 7.29. The van der Waals surface area contributed by atoms with Crippen LogP contribution in [0.1, 0.15) is 0 Å². The van der Waals surface area contributed by atoms with Gasteiger partial charge in [-0.25, -0.2) is 0 Å². The van der Waals surface area contributed by atoms with E-state index in [9.17, 15) is 0 Å². The van der Waals surface area contributed by atoms with E-state index in [2.05, 4.69) is 63.2 Å². The third-order valence-corrected chi connectivity index (χ3v) is 3.48. The van der Waals surface area contributed by atoms with Crippen molar-refractivity contribution in [1.29, 1.82) is 0 Å². The highest BCUT2D eigenvalue weighted by Gasteiger charge is 2.13. The van der Waals surface area contributed by atoms with Crippen LogP contribution in [0.3, 0.4) is 0 Å². The molecule has 0 unspecified atom stereocenters. The Balaban J connectivity index is 2.01. The molecule has 0 spiro atoms. The molecule has 1 fully saturated rings. The minimum atomic E-state index is 1.08. The largest absolute Gasteiger partial charge is 0.374 e. The van der Waals surface area contributed by atoms with Gasteiger partial charge in [-0.2, -0.15) is 0 Å². The summed E-state index contributed by atoms with van der Waals surface area (Å²) in [5.41, 5.74) is 1.33. The Morgan fingerprint density at radius 2 is 1.67 bits per heavy atom. The van der Waals surface area contributed by atoms with E-state index in [4.69, 9.17) is 0 Å². The van der Waals surface area contributed by atoms with Gasteiger partial charge >= 0.3 is 0 Å². The topological polar surface area (TPSA) is 6.48 Å². The summed E-state index contributed by atoms with van der Waals surface area (Å²) < 4.78 is 1.29. The van der Waals surface area contributed by atoms with E-state index in [0.29, 0.717) is 0 Å². The summed E-state index contributed by atoms with van der Waals surface area (Å²) in [6, 6.07) is 8.72. The Hall–Kier alpha value is -0.710. The number of rotatable bonds is 2. The number of benzene rings is 1. The van der Waals surface area contributed by atoms with Gasteiger partial charge in [-0.15, -0.1) is 0 Å². The average Bonchev–Trinajstić information content (AvgIpc) is 2.30. The van der Waals surface area contributed by atoms with Gasteiger partial charge in [-0.05, 0) is 53.1 Å². The number of nitrogens with zero attached hydrogens (tertiary/aromatic N) is 2. The van der Waals surface area contributed by atoms with E-state index in [1.165, 1.54) is 9.26 Å². The molecule has 0 radical (unpaired) electrons. The first-order valence-electron chi connectivity index (χ1n) is 5.17. The fourth-order valence-corrected chi connectivity index (χ4v) is 2.17. The van der Waals surface area contributed by atoms with E-state index in [-0.39, 0.29) is 0 Å². The Morgan fingerprint density at radius 3 is 2.20 bits per heavy atom. The zero-order valence-electron chi connectivity index (χ0n) is 8.69. The van der Waals surface area contributed by atoms with Crippen LogP contribution in [0, 0.1) is 3.57 Å². The summed E-state index contributed by atoms with van der Waals surface area (Å²) in [6.07, 6.45) is 1.94. The Labute approximate surface area is 105 Å². The molecule has 0 bridgehead atoms. The molecule has 0 aliphatic carbocycles. The fourth-order valence-electron chi connectivity index (χ4n) is 1.81. The standard InChI is InChI=1S/C12H15IN2/c1-2-14-7-9-15(10-8-14)12-5-3-11(13)4-6-12/h2-6H,1,7-10H2. The van der Waals surface area contributed by atoms with Crippen molar-refractivity contribution in [2.75, 3.05) is 31.1 Å². The van der Waals surface area contributed by atoms with Crippen LogP contribution in [-0.4, -0.2) is 31.1 Å². The first kappa shape index (κ1) is 10.8. The van der Waals surface area contributed by atoms with Gasteiger partial charge in [-0.1, -0.05) is 6.58 Å². The number of hydrogen-bond acceptors (Lipinski definition) is 2. The minimum Gasteiger partial charge on any atom is -0.374 e. The van der Waals surface area contributed by atoms with Crippen molar-refractivity contribution in [3.8, 4) is 0 Å². The number of hydrogen-bond donors (Lipinski definition) is 0. The van der Waals surface area contributed by atoms with Crippen LogP contribution in [0.25, 0.3) is 0 Å². The molecule has 0 atom stereocenters. The molecule has 3 heteroatoms. The van der Waals surface area contributed by atoms with Crippen molar-refractivity contribution >= 4 is 28.3 Å². The molecule has 2 nitrogen and oxygen atoms in total. The van der Waals surface area contributed by atoms with Gasteiger partial charge in [0.15, 0.2) is 0 Å². The molecule has 15 heavy (non-hydrogen) atoms. The van der Waals surface area contributed by atoms with Gasteiger partial charge in [0.25, 0.3) is 0 Å². The van der Waals surface area contributed by atoms with Crippen molar-refractivity contribution in [1.82, 2.24) is 4.90 Å². The summed E-state index contributed by atoms with van der Waals surface area (Å²) in [4.78, 5) is 4.69. The predicted molar refractivity (Wildman–Crippen MR) is 73.1 cm³/mol. The highest BCUT2D eigenvalue weighted by molar-refractivity contribution is 14.1. The van der Waals surface area contributed by atoms with Crippen LogP contribution in [0.15, 0.2) is 37.0 Å². The lowest BCUT2D eigenvalue weighted by Crippen LogP contribution is -2.43. The Bertz CT molecular complexity index is 326. The van der Waals surface area contributed by atoms with Crippen molar-refractivity contribution in [3.63, 3.8) is 0 Å². The minimum absolute atomic E-state index is 1.08. The summed E-state index contributed by atoms with van der Waals surface area (Å²) >= 11 is 2.34. The van der Waals surface area contributed by atoms with E-state index >= 15 is 0 Å². The maximum Gasteiger partial charge on any atom is 0.0368 e. The van der Waals surface area contributed by atoms with Crippen molar-refractivity contribution in [3.05, 3.63) is 40.6 Å². The highest BCUT2D eigenvalue weighted by atomic mass is 127. The van der Waals surface area contributed by atoms with Crippen molar-refractivity contribution in [2.45, 2.75) is 0 Å². The summed E-state index contributed by atoms with van der Waals surface area (Å²) in [5.74, 6) is 0. The monoisotopic (exact) mass is 314 g/mol. The molecule has 1 aliphatic heterocycles. The average molecular weight is 314 g/mol. The van der Waals surface area contributed by atoms with Crippen LogP contribution in [-0.2, 0) is 0 Å². The number of halogens is 1. The molecule has 1 saturated heterocycles. The van der Waals surface area contributed by atoms with E-state index < -0.39 is 0 Å². The third kappa shape index (κ3) is 2.65. The van der Waals surface area contributed by atoms with Crippen LogP contribution in [0.4, 0.5) is 5.69 Å². The molecule has 1 aromatic carbocycles. The molecule has 1 aromatic rings. The Kier molecular flexibility index (Phi) is 3.51. The van der Waals surface area contributed by atoms with Gasteiger partial charge in [-0.3, -0.25) is 0 Å². The SMILES string of the molecule is C=CN1CCN(c2ccc(I)cc2)CC1. The molecule has 0 saturated carbocycles. The number of anilines is 1. The van der Waals surface area contributed by atoms with E-state index in [1.807, 2.05) is 6.20 Å². The summed E-state index contributed by atoms with van der Waals surface area (Å²) in [5, 5.41) is 0. The quantitative estimate of drug-likeness (QED) is 0.774. The fraction of sp³-hybridized carbons (Fsp3) is 0.333. The molecule has 2 rings (SSSR count). The smallest absolute Gasteiger partial charge is 0.0368 e.